The average Bonchev–Trinajstić information content (AvgIpc) is 2.01. The number of hydrogen-bond acceptors (Lipinski definition) is 4. The fourth-order valence-corrected chi connectivity index (χ4v) is 1.31. The van der Waals surface area contributed by atoms with Crippen LogP contribution >= 0.6 is 0 Å². The fourth-order valence-electron chi connectivity index (χ4n) is 0.605. The Morgan fingerprint density at radius 3 is 2.46 bits per heavy atom. The summed E-state index contributed by atoms with van der Waals surface area (Å²) in [6.07, 6.45) is -0.103. The molecule has 0 aliphatic carbocycles. The molecule has 7 heteroatoms. The van der Waals surface area contributed by atoms with Crippen LogP contribution in [0.1, 0.15) is 20.8 Å². The van der Waals surface area contributed by atoms with E-state index in [0.29, 0.717) is 6.61 Å². The molecule has 0 aliphatic heterocycles. The van der Waals surface area contributed by atoms with E-state index in [1.807, 2.05) is 0 Å². The van der Waals surface area contributed by atoms with Crippen molar-refractivity contribution in [2.45, 2.75) is 26.0 Å². The maximum Gasteiger partial charge on any atom is 0.470 e. The van der Waals surface area contributed by atoms with Gasteiger partial charge in [-0.3, -0.25) is 0 Å². The topological polar surface area (TPSA) is 75.6 Å². The quantitative estimate of drug-likeness (QED) is 0.571. The third kappa shape index (κ3) is 5.25. The summed E-state index contributed by atoms with van der Waals surface area (Å²) in [7, 11) is -4.37. The van der Waals surface area contributed by atoms with E-state index < -0.39 is 22.4 Å². The highest BCUT2D eigenvalue weighted by Gasteiger charge is 2.19. The molecule has 0 unspecified atom stereocenters. The van der Waals surface area contributed by atoms with E-state index in [4.69, 9.17) is 9.68 Å². The lowest BCUT2D eigenvalue weighted by atomic mass is 9.92. The normalized spacial score (nSPS) is 12.1. The van der Waals surface area contributed by atoms with Crippen LogP contribution < -0.4 is 4.72 Å². The van der Waals surface area contributed by atoms with E-state index in [0.717, 1.165) is 0 Å². The van der Waals surface area contributed by atoms with Crippen LogP contribution in [0.25, 0.3) is 0 Å². The Morgan fingerprint density at radius 1 is 1.54 bits per heavy atom. The first-order valence-electron chi connectivity index (χ1n) is 4.18. The minimum atomic E-state index is -3.30. The average molecular weight is 209 g/mol. The molecule has 0 saturated heterocycles. The van der Waals surface area contributed by atoms with Crippen LogP contribution in [-0.4, -0.2) is 38.9 Å². The van der Waals surface area contributed by atoms with Crippen LogP contribution in [0.5, 0.6) is 0 Å². The lowest BCUT2D eigenvalue weighted by molar-refractivity contribution is 0.274. The Labute approximate surface area is 79.7 Å². The van der Waals surface area contributed by atoms with Gasteiger partial charge in [0.05, 0.1) is 5.25 Å². The molecule has 0 saturated carbocycles. The molecule has 0 aliphatic rings. The summed E-state index contributed by atoms with van der Waals surface area (Å²) in [5, 5.41) is 8.55. The molecule has 0 spiro atoms. The van der Waals surface area contributed by atoms with Crippen LogP contribution in [0, 0.1) is 0 Å². The zero-order valence-corrected chi connectivity index (χ0v) is 8.97. The van der Waals surface area contributed by atoms with Crippen LogP contribution in [0.4, 0.5) is 0 Å². The van der Waals surface area contributed by atoms with Crippen LogP contribution in [0.15, 0.2) is 0 Å². The van der Waals surface area contributed by atoms with Gasteiger partial charge in [0.1, 0.15) is 0 Å². The summed E-state index contributed by atoms with van der Waals surface area (Å²) in [4.78, 5) is 0. The van der Waals surface area contributed by atoms with Crippen molar-refractivity contribution in [3.8, 4) is 0 Å². The van der Waals surface area contributed by atoms with E-state index in [-0.39, 0.29) is 6.44 Å². The molecule has 0 aromatic carbocycles. The second-order valence-electron chi connectivity index (χ2n) is 2.85. The standard InChI is InChI=1S/C6H16BNO4S/c1-4-12-7(9)5-8-13(10,11)6(2)3/h6,8-9H,4-5H2,1-3H3. The fraction of sp³-hybridized carbons (Fsp3) is 1.00. The molecule has 13 heavy (non-hydrogen) atoms. The first-order chi connectivity index (χ1) is 5.90. The number of sulfonamides is 1. The van der Waals surface area contributed by atoms with Gasteiger partial charge in [-0.2, -0.15) is 0 Å². The predicted octanol–water partition coefficient (Wildman–Crippen LogP) is -0.630. The summed E-state index contributed by atoms with van der Waals surface area (Å²) in [5.41, 5.74) is 0. The third-order valence-electron chi connectivity index (χ3n) is 1.44. The summed E-state index contributed by atoms with van der Waals surface area (Å²) in [5.74, 6) is 0. The molecule has 0 heterocycles. The van der Waals surface area contributed by atoms with Gasteiger partial charge < -0.3 is 9.68 Å². The first kappa shape index (κ1) is 12.9. The molecular weight excluding hydrogens is 193 g/mol. The van der Waals surface area contributed by atoms with Crippen LogP contribution in [-0.2, 0) is 14.7 Å². The first-order valence-corrected chi connectivity index (χ1v) is 5.73. The predicted molar refractivity (Wildman–Crippen MR) is 51.7 cm³/mol. The second kappa shape index (κ2) is 5.59. The highest BCUT2D eigenvalue weighted by molar-refractivity contribution is 7.90. The number of rotatable bonds is 6. The number of hydrogen-bond donors (Lipinski definition) is 2. The van der Waals surface area contributed by atoms with Crippen molar-refractivity contribution in [1.82, 2.24) is 4.72 Å². The summed E-state index contributed by atoms with van der Waals surface area (Å²) in [6.45, 7) is 5.20. The smallest absolute Gasteiger partial charge is 0.426 e. The van der Waals surface area contributed by atoms with E-state index in [2.05, 4.69) is 4.72 Å². The van der Waals surface area contributed by atoms with Gasteiger partial charge in [0.15, 0.2) is 0 Å². The zero-order valence-electron chi connectivity index (χ0n) is 8.15. The molecule has 0 aromatic heterocycles. The van der Waals surface area contributed by atoms with E-state index in [1.165, 1.54) is 0 Å². The van der Waals surface area contributed by atoms with Crippen molar-refractivity contribution >= 4 is 17.1 Å². The van der Waals surface area contributed by atoms with Gasteiger partial charge in [-0.25, -0.2) is 13.1 Å². The van der Waals surface area contributed by atoms with E-state index >= 15 is 0 Å². The largest absolute Gasteiger partial charge is 0.470 e. The highest BCUT2D eigenvalue weighted by atomic mass is 32.2. The Morgan fingerprint density at radius 2 is 2.08 bits per heavy atom. The van der Waals surface area contributed by atoms with Gasteiger partial charge in [0, 0.05) is 13.1 Å². The van der Waals surface area contributed by atoms with Crippen molar-refractivity contribution in [2.75, 3.05) is 13.1 Å². The molecule has 0 atom stereocenters. The summed E-state index contributed by atoms with van der Waals surface area (Å²) < 4.78 is 29.3. The second-order valence-corrected chi connectivity index (χ2v) is 5.17. The molecule has 0 aromatic rings. The maximum absolute atomic E-state index is 11.2. The van der Waals surface area contributed by atoms with Crippen LogP contribution in [0.2, 0.25) is 0 Å². The molecule has 0 rings (SSSR count). The Kier molecular flexibility index (Phi) is 5.54. The molecule has 0 fully saturated rings. The van der Waals surface area contributed by atoms with Gasteiger partial charge in [-0.05, 0) is 20.8 Å². The third-order valence-corrected chi connectivity index (χ3v) is 3.25. The van der Waals surface area contributed by atoms with E-state index in [9.17, 15) is 8.42 Å². The lowest BCUT2D eigenvalue weighted by Gasteiger charge is -2.10. The van der Waals surface area contributed by atoms with Gasteiger partial charge in [-0.1, -0.05) is 0 Å². The van der Waals surface area contributed by atoms with E-state index in [1.54, 1.807) is 20.8 Å². The molecule has 0 bridgehead atoms. The lowest BCUT2D eigenvalue weighted by Crippen LogP contribution is -2.40. The minimum absolute atomic E-state index is 0.103. The Bertz CT molecular complexity index is 229. The number of nitrogens with one attached hydrogen (secondary N) is 1. The molecule has 0 amide bonds. The molecule has 78 valence electrons. The summed E-state index contributed by atoms with van der Waals surface area (Å²) >= 11 is 0. The van der Waals surface area contributed by atoms with Gasteiger partial charge in [-0.15, -0.1) is 0 Å². The van der Waals surface area contributed by atoms with Crippen molar-refractivity contribution in [1.29, 1.82) is 0 Å². The van der Waals surface area contributed by atoms with Crippen LogP contribution in [0.3, 0.4) is 0 Å². The van der Waals surface area contributed by atoms with Gasteiger partial charge >= 0.3 is 7.12 Å². The van der Waals surface area contributed by atoms with Gasteiger partial charge in [0.25, 0.3) is 0 Å². The minimum Gasteiger partial charge on any atom is -0.426 e. The Hall–Kier alpha value is -0.105. The monoisotopic (exact) mass is 209 g/mol. The van der Waals surface area contributed by atoms with Crippen molar-refractivity contribution < 1.29 is 18.1 Å². The SMILES string of the molecule is CCOB(O)CNS(=O)(=O)C(C)C. The molecule has 0 radical (unpaired) electrons. The van der Waals surface area contributed by atoms with Gasteiger partial charge in [0.2, 0.25) is 10.0 Å². The van der Waals surface area contributed by atoms with Crippen molar-refractivity contribution in [2.24, 2.45) is 0 Å². The highest BCUT2D eigenvalue weighted by Crippen LogP contribution is 1.95. The molecular formula is C6H16BNO4S. The molecule has 5 nitrogen and oxygen atoms in total. The zero-order chi connectivity index (χ0) is 10.5. The Balaban J connectivity index is 3.89. The van der Waals surface area contributed by atoms with Crippen molar-refractivity contribution in [3.05, 3.63) is 0 Å². The summed E-state index contributed by atoms with van der Waals surface area (Å²) in [6, 6.07) is 0. The molecule has 2 N–H and O–H groups in total. The van der Waals surface area contributed by atoms with Crippen molar-refractivity contribution in [3.63, 3.8) is 0 Å². The maximum atomic E-state index is 11.2.